The molecule has 0 saturated heterocycles. The minimum atomic E-state index is -1.57. The van der Waals surface area contributed by atoms with Gasteiger partial charge in [-0.1, -0.05) is 35.9 Å². The molecule has 6 nitrogen and oxygen atoms in total. The van der Waals surface area contributed by atoms with Gasteiger partial charge in [-0.05, 0) is 42.8 Å². The molecule has 0 unspecified atom stereocenters. The number of pyridine rings is 1. The second kappa shape index (κ2) is 8.75. The standard InChI is InChI=1S/C22H18ClNO5/c1-3-29-19-12-13(11-16(23)21(19)28-2)10-15(20(25)22(26)27)18-9-8-14-6-4-5-7-17(14)24-18/h4-12H,3H2,1-2H3,(H,26,27)/b15-10-. The van der Waals surface area contributed by atoms with Crippen molar-refractivity contribution in [2.24, 2.45) is 0 Å². The molecule has 1 aromatic heterocycles. The van der Waals surface area contributed by atoms with Crippen LogP contribution in [0.25, 0.3) is 22.6 Å². The third-order valence-electron chi connectivity index (χ3n) is 4.16. The summed E-state index contributed by atoms with van der Waals surface area (Å²) in [4.78, 5) is 28.3. The Morgan fingerprint density at radius 1 is 1.17 bits per heavy atom. The Kier molecular flexibility index (Phi) is 6.14. The van der Waals surface area contributed by atoms with E-state index in [0.717, 1.165) is 5.39 Å². The van der Waals surface area contributed by atoms with Crippen LogP contribution in [-0.2, 0) is 9.59 Å². The minimum absolute atomic E-state index is 0.0630. The fourth-order valence-electron chi connectivity index (χ4n) is 2.89. The highest BCUT2D eigenvalue weighted by Gasteiger charge is 2.22. The first kappa shape index (κ1) is 20.4. The Balaban J connectivity index is 2.17. The number of rotatable bonds is 7. The van der Waals surface area contributed by atoms with Gasteiger partial charge in [-0.2, -0.15) is 0 Å². The number of nitrogens with zero attached hydrogens (tertiary/aromatic N) is 1. The zero-order chi connectivity index (χ0) is 21.0. The molecule has 0 saturated carbocycles. The van der Waals surface area contributed by atoms with Gasteiger partial charge in [-0.3, -0.25) is 4.79 Å². The first-order chi connectivity index (χ1) is 13.9. The summed E-state index contributed by atoms with van der Waals surface area (Å²) in [6.07, 6.45) is 1.43. The maximum atomic E-state index is 12.4. The third kappa shape index (κ3) is 4.38. The van der Waals surface area contributed by atoms with E-state index >= 15 is 0 Å². The molecule has 0 bridgehead atoms. The molecule has 29 heavy (non-hydrogen) atoms. The summed E-state index contributed by atoms with van der Waals surface area (Å²) in [7, 11) is 1.47. The van der Waals surface area contributed by atoms with Crippen LogP contribution in [0.1, 0.15) is 18.2 Å². The van der Waals surface area contributed by atoms with Crippen LogP contribution in [0.3, 0.4) is 0 Å². The number of ketones is 1. The molecular formula is C22H18ClNO5. The van der Waals surface area contributed by atoms with Crippen LogP contribution < -0.4 is 9.47 Å². The average Bonchev–Trinajstić information content (AvgIpc) is 2.71. The Labute approximate surface area is 172 Å². The van der Waals surface area contributed by atoms with E-state index in [9.17, 15) is 14.7 Å². The van der Waals surface area contributed by atoms with E-state index in [4.69, 9.17) is 21.1 Å². The van der Waals surface area contributed by atoms with Gasteiger partial charge in [0.05, 0.1) is 35.5 Å². The van der Waals surface area contributed by atoms with Crippen molar-refractivity contribution in [3.8, 4) is 11.5 Å². The van der Waals surface area contributed by atoms with E-state index in [-0.39, 0.29) is 16.3 Å². The van der Waals surface area contributed by atoms with Crippen LogP contribution in [-0.4, -0.2) is 35.6 Å². The number of ether oxygens (including phenoxy) is 2. The molecule has 0 amide bonds. The van der Waals surface area contributed by atoms with Crippen molar-refractivity contribution in [2.75, 3.05) is 13.7 Å². The highest BCUT2D eigenvalue weighted by Crippen LogP contribution is 2.37. The molecule has 0 aliphatic heterocycles. The highest BCUT2D eigenvalue weighted by molar-refractivity contribution is 6.52. The first-order valence-corrected chi connectivity index (χ1v) is 9.18. The van der Waals surface area contributed by atoms with Gasteiger partial charge in [0.2, 0.25) is 0 Å². The lowest BCUT2D eigenvalue weighted by atomic mass is 10.0. The Hall–Kier alpha value is -3.38. The number of fused-ring (bicyclic) bond motifs is 1. The summed E-state index contributed by atoms with van der Waals surface area (Å²) < 4.78 is 10.8. The lowest BCUT2D eigenvalue weighted by molar-refractivity contribution is -0.146. The molecule has 0 atom stereocenters. The Morgan fingerprint density at radius 3 is 2.62 bits per heavy atom. The maximum absolute atomic E-state index is 12.4. The topological polar surface area (TPSA) is 85.7 Å². The number of benzene rings is 2. The summed E-state index contributed by atoms with van der Waals surface area (Å²) in [6, 6.07) is 14.0. The van der Waals surface area contributed by atoms with Gasteiger partial charge in [0.15, 0.2) is 11.5 Å². The normalized spacial score (nSPS) is 11.3. The molecule has 0 spiro atoms. The predicted octanol–water partition coefficient (Wildman–Crippen LogP) is 4.49. The number of carbonyl (C=O) groups is 2. The van der Waals surface area contributed by atoms with Gasteiger partial charge >= 0.3 is 5.97 Å². The van der Waals surface area contributed by atoms with E-state index < -0.39 is 11.8 Å². The van der Waals surface area contributed by atoms with E-state index in [1.165, 1.54) is 13.2 Å². The molecule has 3 aromatic rings. The molecule has 148 valence electrons. The fraction of sp³-hybridized carbons (Fsp3) is 0.136. The Bertz CT molecular complexity index is 1120. The van der Waals surface area contributed by atoms with E-state index in [1.807, 2.05) is 25.1 Å². The Morgan fingerprint density at radius 2 is 1.93 bits per heavy atom. The van der Waals surface area contributed by atoms with Crippen LogP contribution in [0.2, 0.25) is 5.02 Å². The summed E-state index contributed by atoms with van der Waals surface area (Å²) >= 11 is 6.27. The van der Waals surface area contributed by atoms with Crippen molar-refractivity contribution < 1.29 is 24.2 Å². The second-order valence-corrected chi connectivity index (χ2v) is 6.46. The monoisotopic (exact) mass is 411 g/mol. The zero-order valence-electron chi connectivity index (χ0n) is 15.8. The molecule has 3 rings (SSSR count). The molecule has 0 fully saturated rings. The van der Waals surface area contributed by atoms with Crippen molar-refractivity contribution in [3.63, 3.8) is 0 Å². The summed E-state index contributed by atoms with van der Waals surface area (Å²) in [5.41, 5.74) is 1.32. The van der Waals surface area contributed by atoms with Gasteiger partial charge in [0.1, 0.15) is 0 Å². The summed E-state index contributed by atoms with van der Waals surface area (Å²) in [5, 5.41) is 10.4. The van der Waals surface area contributed by atoms with Crippen molar-refractivity contribution in [1.29, 1.82) is 0 Å². The molecule has 7 heteroatoms. The van der Waals surface area contributed by atoms with E-state index in [1.54, 1.807) is 30.3 Å². The number of carboxylic acid groups (broad SMARTS) is 1. The van der Waals surface area contributed by atoms with Gasteiger partial charge < -0.3 is 14.6 Å². The van der Waals surface area contributed by atoms with Crippen LogP contribution >= 0.6 is 11.6 Å². The number of aromatic nitrogens is 1. The second-order valence-electron chi connectivity index (χ2n) is 6.05. The van der Waals surface area contributed by atoms with E-state index in [2.05, 4.69) is 4.98 Å². The quantitative estimate of drug-likeness (QED) is 0.455. The molecule has 0 aliphatic rings. The molecule has 0 radical (unpaired) electrons. The average molecular weight is 412 g/mol. The molecule has 1 heterocycles. The number of carbonyl (C=O) groups excluding carboxylic acids is 1. The van der Waals surface area contributed by atoms with Crippen LogP contribution in [0.5, 0.6) is 11.5 Å². The van der Waals surface area contributed by atoms with Gasteiger partial charge in [-0.15, -0.1) is 0 Å². The van der Waals surface area contributed by atoms with Crippen LogP contribution in [0.15, 0.2) is 48.5 Å². The number of carboxylic acids is 1. The van der Waals surface area contributed by atoms with E-state index in [0.29, 0.717) is 29.2 Å². The van der Waals surface area contributed by atoms with Crippen molar-refractivity contribution in [3.05, 3.63) is 64.8 Å². The third-order valence-corrected chi connectivity index (χ3v) is 4.44. The minimum Gasteiger partial charge on any atom is -0.491 e. The summed E-state index contributed by atoms with van der Waals surface area (Å²) in [6.45, 7) is 2.20. The lowest BCUT2D eigenvalue weighted by Crippen LogP contribution is -2.15. The summed E-state index contributed by atoms with van der Waals surface area (Å²) in [5.74, 6) is -1.89. The molecular weight excluding hydrogens is 394 g/mol. The number of para-hydroxylation sites is 1. The molecule has 1 N–H and O–H groups in total. The zero-order valence-corrected chi connectivity index (χ0v) is 16.6. The number of Topliss-reactive ketones (excluding diaryl/α,β-unsaturated/α-hetero) is 1. The highest BCUT2D eigenvalue weighted by atomic mass is 35.5. The largest absolute Gasteiger partial charge is 0.491 e. The number of hydrogen-bond donors (Lipinski definition) is 1. The van der Waals surface area contributed by atoms with Crippen LogP contribution in [0, 0.1) is 0 Å². The van der Waals surface area contributed by atoms with Gasteiger partial charge in [0.25, 0.3) is 5.78 Å². The maximum Gasteiger partial charge on any atom is 0.377 e. The number of halogens is 1. The molecule has 2 aromatic carbocycles. The van der Waals surface area contributed by atoms with Crippen LogP contribution in [0.4, 0.5) is 0 Å². The van der Waals surface area contributed by atoms with Crippen molar-refractivity contribution >= 4 is 45.9 Å². The predicted molar refractivity (Wildman–Crippen MR) is 111 cm³/mol. The molecule has 0 aliphatic carbocycles. The fourth-order valence-corrected chi connectivity index (χ4v) is 3.18. The first-order valence-electron chi connectivity index (χ1n) is 8.80. The van der Waals surface area contributed by atoms with Gasteiger partial charge in [-0.25, -0.2) is 9.78 Å². The smallest absolute Gasteiger partial charge is 0.377 e. The SMILES string of the molecule is CCOc1cc(/C=C(\C(=O)C(=O)O)c2ccc3ccccc3n2)cc(Cl)c1OC. The van der Waals surface area contributed by atoms with Crippen molar-refractivity contribution in [1.82, 2.24) is 4.98 Å². The lowest BCUT2D eigenvalue weighted by Gasteiger charge is -2.12. The van der Waals surface area contributed by atoms with Crippen molar-refractivity contribution in [2.45, 2.75) is 6.92 Å². The number of methoxy groups -OCH3 is 1. The number of hydrogen-bond acceptors (Lipinski definition) is 5. The number of aliphatic carboxylic acids is 1. The van der Waals surface area contributed by atoms with Gasteiger partial charge in [0, 0.05) is 5.39 Å².